The van der Waals surface area contributed by atoms with E-state index in [1.807, 2.05) is 0 Å². The molecule has 53 valence electrons. The standard InChI is InChI=1S/C6H10O3.Na/c1-3-9-6(8)4-5(2)7;/h4,7H,3H2,1-2H3;. The number of esters is 1. The van der Waals surface area contributed by atoms with Gasteiger partial charge < -0.3 is 9.84 Å². The Morgan fingerprint density at radius 1 is 1.70 bits per heavy atom. The summed E-state index contributed by atoms with van der Waals surface area (Å²) in [5.41, 5.74) is 0. The van der Waals surface area contributed by atoms with Gasteiger partial charge >= 0.3 is 5.97 Å². The fraction of sp³-hybridized carbons (Fsp3) is 0.500. The van der Waals surface area contributed by atoms with Gasteiger partial charge in [-0.2, -0.15) is 0 Å². The third-order valence-electron chi connectivity index (χ3n) is 0.613. The molecule has 0 saturated heterocycles. The molecule has 0 spiro atoms. The van der Waals surface area contributed by atoms with E-state index >= 15 is 0 Å². The van der Waals surface area contributed by atoms with Crippen LogP contribution in [0.1, 0.15) is 13.8 Å². The van der Waals surface area contributed by atoms with Crippen LogP contribution in [0.5, 0.6) is 0 Å². The van der Waals surface area contributed by atoms with Gasteiger partial charge in [-0.25, -0.2) is 4.79 Å². The summed E-state index contributed by atoms with van der Waals surface area (Å²) >= 11 is 0. The van der Waals surface area contributed by atoms with Crippen molar-refractivity contribution >= 4 is 35.5 Å². The van der Waals surface area contributed by atoms with Crippen molar-refractivity contribution in [3.05, 3.63) is 11.8 Å². The summed E-state index contributed by atoms with van der Waals surface area (Å²) in [5, 5.41) is 8.51. The number of carbonyl (C=O) groups excluding carboxylic acids is 1. The molecule has 0 heterocycles. The maximum atomic E-state index is 10.4. The maximum absolute atomic E-state index is 10.4. The van der Waals surface area contributed by atoms with E-state index in [0.29, 0.717) is 6.61 Å². The number of allylic oxidation sites excluding steroid dienone is 1. The van der Waals surface area contributed by atoms with E-state index in [4.69, 9.17) is 5.11 Å². The molecule has 0 aliphatic heterocycles. The van der Waals surface area contributed by atoms with Gasteiger partial charge in [-0.3, -0.25) is 0 Å². The molecule has 0 aliphatic carbocycles. The fourth-order valence-electron chi connectivity index (χ4n) is 0.354. The SMILES string of the molecule is CCOC(=O)C=C(C)O.[Na]. The van der Waals surface area contributed by atoms with Gasteiger partial charge in [0.2, 0.25) is 0 Å². The van der Waals surface area contributed by atoms with Crippen LogP contribution in [0.15, 0.2) is 11.8 Å². The third kappa shape index (κ3) is 8.01. The minimum absolute atomic E-state index is 0. The van der Waals surface area contributed by atoms with Gasteiger partial charge in [0.1, 0.15) is 0 Å². The van der Waals surface area contributed by atoms with Gasteiger partial charge in [0.05, 0.1) is 18.4 Å². The normalized spacial score (nSPS) is 10.0. The zero-order valence-electron chi connectivity index (χ0n) is 6.55. The number of aliphatic hydroxyl groups excluding tert-OH is 1. The van der Waals surface area contributed by atoms with Crippen molar-refractivity contribution in [2.45, 2.75) is 13.8 Å². The molecule has 0 fully saturated rings. The summed E-state index contributed by atoms with van der Waals surface area (Å²) < 4.78 is 4.48. The van der Waals surface area contributed by atoms with E-state index in [0.717, 1.165) is 6.08 Å². The molecule has 0 saturated carbocycles. The molecule has 4 heteroatoms. The largest absolute Gasteiger partial charge is 0.512 e. The Labute approximate surface area is 82.4 Å². The Kier molecular flexibility index (Phi) is 9.02. The van der Waals surface area contributed by atoms with E-state index in [1.54, 1.807) is 6.92 Å². The van der Waals surface area contributed by atoms with Gasteiger partial charge in [-0.15, -0.1) is 0 Å². The van der Waals surface area contributed by atoms with Crippen LogP contribution in [0.25, 0.3) is 0 Å². The van der Waals surface area contributed by atoms with E-state index < -0.39 is 5.97 Å². The van der Waals surface area contributed by atoms with Crippen LogP contribution in [-0.4, -0.2) is 47.2 Å². The molecule has 0 aromatic carbocycles. The van der Waals surface area contributed by atoms with Crippen molar-refractivity contribution in [1.82, 2.24) is 0 Å². The summed E-state index contributed by atoms with van der Waals surface area (Å²) in [5.74, 6) is -0.536. The molecule has 0 aromatic rings. The predicted molar refractivity (Wildman–Crippen MR) is 38.8 cm³/mol. The van der Waals surface area contributed by atoms with Gasteiger partial charge in [-0.1, -0.05) is 0 Å². The molecule has 3 nitrogen and oxygen atoms in total. The van der Waals surface area contributed by atoms with E-state index in [2.05, 4.69) is 4.74 Å². The van der Waals surface area contributed by atoms with Crippen LogP contribution in [0.2, 0.25) is 0 Å². The van der Waals surface area contributed by atoms with Gasteiger partial charge in [0.15, 0.2) is 0 Å². The Morgan fingerprint density at radius 2 is 2.20 bits per heavy atom. The van der Waals surface area contributed by atoms with E-state index in [9.17, 15) is 4.79 Å². The molecule has 0 atom stereocenters. The summed E-state index contributed by atoms with van der Waals surface area (Å²) in [4.78, 5) is 10.4. The zero-order chi connectivity index (χ0) is 7.28. The second kappa shape index (κ2) is 7.12. The molecule has 0 amide bonds. The number of ether oxygens (including phenoxy) is 1. The molecule has 0 aliphatic rings. The number of rotatable bonds is 2. The summed E-state index contributed by atoms with van der Waals surface area (Å²) in [6, 6.07) is 0. The molecule has 10 heavy (non-hydrogen) atoms. The Hall–Kier alpha value is 0.0100. The van der Waals surface area contributed by atoms with Crippen molar-refractivity contribution in [3.8, 4) is 0 Å². The van der Waals surface area contributed by atoms with Crippen molar-refractivity contribution in [2.75, 3.05) is 6.61 Å². The van der Waals surface area contributed by atoms with Gasteiger partial charge in [-0.05, 0) is 13.8 Å². The topological polar surface area (TPSA) is 46.5 Å². The van der Waals surface area contributed by atoms with Crippen LogP contribution < -0.4 is 0 Å². The summed E-state index contributed by atoms with van der Waals surface area (Å²) in [6.45, 7) is 3.46. The van der Waals surface area contributed by atoms with Crippen LogP contribution in [0, 0.1) is 0 Å². The first-order chi connectivity index (χ1) is 4.16. The summed E-state index contributed by atoms with van der Waals surface area (Å²) in [6.07, 6.45) is 1.03. The first-order valence-corrected chi connectivity index (χ1v) is 2.70. The smallest absolute Gasteiger partial charge is 0.334 e. The van der Waals surface area contributed by atoms with Gasteiger partial charge in [0, 0.05) is 29.6 Å². The van der Waals surface area contributed by atoms with Crippen LogP contribution in [0.4, 0.5) is 0 Å². The minimum Gasteiger partial charge on any atom is -0.512 e. The quantitative estimate of drug-likeness (QED) is 0.274. The predicted octanol–water partition coefficient (Wildman–Crippen LogP) is 0.631. The average molecular weight is 153 g/mol. The molecule has 0 bridgehead atoms. The first kappa shape index (κ1) is 12.7. The number of hydrogen-bond donors (Lipinski definition) is 1. The Balaban J connectivity index is 0. The fourth-order valence-corrected chi connectivity index (χ4v) is 0.354. The monoisotopic (exact) mass is 153 g/mol. The maximum Gasteiger partial charge on any atom is 0.334 e. The Bertz CT molecular complexity index is 127. The minimum atomic E-state index is -0.502. The van der Waals surface area contributed by atoms with Crippen molar-refractivity contribution in [1.29, 1.82) is 0 Å². The van der Waals surface area contributed by atoms with Crippen molar-refractivity contribution in [2.24, 2.45) is 0 Å². The number of aliphatic hydroxyl groups is 1. The number of hydrogen-bond acceptors (Lipinski definition) is 3. The van der Waals surface area contributed by atoms with Crippen LogP contribution >= 0.6 is 0 Å². The molecule has 0 unspecified atom stereocenters. The zero-order valence-corrected chi connectivity index (χ0v) is 8.55. The van der Waals surface area contributed by atoms with Crippen molar-refractivity contribution in [3.63, 3.8) is 0 Å². The third-order valence-corrected chi connectivity index (χ3v) is 0.613. The second-order valence-electron chi connectivity index (χ2n) is 1.54. The average Bonchev–Trinajstić information content (AvgIpc) is 1.63. The molecule has 0 aromatic heterocycles. The Morgan fingerprint density at radius 3 is 2.50 bits per heavy atom. The number of carbonyl (C=O) groups is 1. The van der Waals surface area contributed by atoms with Crippen LogP contribution in [0.3, 0.4) is 0 Å². The molecular formula is C6H10NaO3. The summed E-state index contributed by atoms with van der Waals surface area (Å²) in [7, 11) is 0. The van der Waals surface area contributed by atoms with Gasteiger partial charge in [0.25, 0.3) is 0 Å². The molecule has 1 N–H and O–H groups in total. The van der Waals surface area contributed by atoms with E-state index in [-0.39, 0.29) is 35.3 Å². The molecule has 1 radical (unpaired) electrons. The van der Waals surface area contributed by atoms with Crippen LogP contribution in [-0.2, 0) is 9.53 Å². The molecule has 0 rings (SSSR count). The van der Waals surface area contributed by atoms with E-state index in [1.165, 1.54) is 6.92 Å². The second-order valence-corrected chi connectivity index (χ2v) is 1.54. The molecular weight excluding hydrogens is 143 g/mol. The van der Waals surface area contributed by atoms with Crippen molar-refractivity contribution < 1.29 is 14.6 Å². The first-order valence-electron chi connectivity index (χ1n) is 2.70.